The number of aryl methyl sites for hydroxylation is 2. The molecule has 0 spiro atoms. The van der Waals surface area contributed by atoms with Gasteiger partial charge in [0, 0.05) is 37.6 Å². The van der Waals surface area contributed by atoms with Crippen LogP contribution in [0.3, 0.4) is 0 Å². The van der Waals surface area contributed by atoms with E-state index in [-0.39, 0.29) is 23.4 Å². The first kappa shape index (κ1) is 21.9. The van der Waals surface area contributed by atoms with E-state index in [1.807, 2.05) is 0 Å². The maximum atomic E-state index is 13.2. The lowest BCUT2D eigenvalue weighted by Gasteiger charge is -2.37. The minimum absolute atomic E-state index is 0.0423. The van der Waals surface area contributed by atoms with Gasteiger partial charge in [-0.25, -0.2) is 4.98 Å². The molecule has 2 heterocycles. The van der Waals surface area contributed by atoms with Crippen LogP contribution in [0.1, 0.15) is 32.9 Å². The SMILES string of the molecule is Cc1cc(C(F)(F)F)cc2c1nc(Cc1c(Cl)ccc(C(=O)N3CC(N)C3)c1Cl)n2C. The second kappa shape index (κ2) is 7.69. The highest BCUT2D eigenvalue weighted by atomic mass is 35.5. The summed E-state index contributed by atoms with van der Waals surface area (Å²) in [6, 6.07) is 5.27. The number of likely N-dealkylation sites (tertiary alicyclic amines) is 1. The van der Waals surface area contributed by atoms with Crippen molar-refractivity contribution in [1.29, 1.82) is 0 Å². The molecule has 0 radical (unpaired) electrons. The average Bonchev–Trinajstić information content (AvgIpc) is 2.98. The van der Waals surface area contributed by atoms with E-state index in [9.17, 15) is 18.0 Å². The molecule has 1 amide bonds. The molecule has 5 nitrogen and oxygen atoms in total. The first-order chi connectivity index (χ1) is 14.5. The van der Waals surface area contributed by atoms with Gasteiger partial charge in [-0.3, -0.25) is 4.79 Å². The number of carbonyl (C=O) groups excluding carboxylic acids is 1. The molecule has 1 fully saturated rings. The van der Waals surface area contributed by atoms with Crippen LogP contribution in [-0.4, -0.2) is 39.5 Å². The third kappa shape index (κ3) is 3.88. The van der Waals surface area contributed by atoms with Gasteiger partial charge in [0.1, 0.15) is 5.82 Å². The van der Waals surface area contributed by atoms with E-state index < -0.39 is 11.7 Å². The quantitative estimate of drug-likeness (QED) is 0.609. The number of amides is 1. The minimum atomic E-state index is -4.45. The fourth-order valence-corrected chi connectivity index (χ4v) is 4.34. The van der Waals surface area contributed by atoms with Crippen LogP contribution in [0.5, 0.6) is 0 Å². The number of benzene rings is 2. The number of halogens is 5. The summed E-state index contributed by atoms with van der Waals surface area (Å²) in [6.07, 6.45) is -4.30. The van der Waals surface area contributed by atoms with Crippen molar-refractivity contribution in [3.8, 4) is 0 Å². The second-order valence-electron chi connectivity index (χ2n) is 7.78. The lowest BCUT2D eigenvalue weighted by Crippen LogP contribution is -2.57. The van der Waals surface area contributed by atoms with Crippen molar-refractivity contribution >= 4 is 40.1 Å². The Labute approximate surface area is 186 Å². The third-order valence-corrected chi connectivity index (χ3v) is 6.33. The summed E-state index contributed by atoms with van der Waals surface area (Å²) < 4.78 is 41.3. The molecule has 3 aromatic rings. The first-order valence-corrected chi connectivity index (χ1v) is 10.3. The Hall–Kier alpha value is -2.29. The maximum Gasteiger partial charge on any atom is 0.416 e. The number of hydrogen-bond donors (Lipinski definition) is 1. The van der Waals surface area contributed by atoms with Gasteiger partial charge >= 0.3 is 6.18 Å². The van der Waals surface area contributed by atoms with Crippen LogP contribution in [-0.2, 0) is 19.6 Å². The zero-order chi connectivity index (χ0) is 22.7. The van der Waals surface area contributed by atoms with Crippen LogP contribution < -0.4 is 5.73 Å². The molecule has 0 saturated carbocycles. The molecule has 2 aromatic carbocycles. The number of alkyl halides is 3. The zero-order valence-corrected chi connectivity index (χ0v) is 18.2. The van der Waals surface area contributed by atoms with Crippen LogP contribution in [0.4, 0.5) is 13.2 Å². The Balaban J connectivity index is 1.74. The van der Waals surface area contributed by atoms with Crippen molar-refractivity contribution in [3.05, 3.63) is 62.4 Å². The van der Waals surface area contributed by atoms with Gasteiger partial charge in [-0.15, -0.1) is 0 Å². The summed E-state index contributed by atoms with van der Waals surface area (Å²) in [7, 11) is 1.64. The van der Waals surface area contributed by atoms with E-state index in [0.717, 1.165) is 12.1 Å². The predicted molar refractivity (Wildman–Crippen MR) is 114 cm³/mol. The van der Waals surface area contributed by atoms with E-state index in [1.165, 1.54) is 0 Å². The Bertz CT molecular complexity index is 1200. The number of rotatable bonds is 3. The normalized spacial score (nSPS) is 14.9. The van der Waals surface area contributed by atoms with Gasteiger partial charge in [0.2, 0.25) is 0 Å². The molecule has 0 aliphatic carbocycles. The summed E-state index contributed by atoms with van der Waals surface area (Å²) in [4.78, 5) is 18.8. The van der Waals surface area contributed by atoms with Crippen molar-refractivity contribution in [2.75, 3.05) is 13.1 Å². The molecule has 1 saturated heterocycles. The van der Waals surface area contributed by atoms with E-state index >= 15 is 0 Å². The molecule has 0 bridgehead atoms. The van der Waals surface area contributed by atoms with Gasteiger partial charge in [-0.05, 0) is 42.3 Å². The number of nitrogens with two attached hydrogens (primary N) is 1. The Morgan fingerprint density at radius 3 is 2.55 bits per heavy atom. The minimum Gasteiger partial charge on any atom is -0.335 e. The molecule has 1 aliphatic heterocycles. The molecule has 1 aliphatic rings. The molecule has 164 valence electrons. The predicted octanol–water partition coefficient (Wildman–Crippen LogP) is 4.58. The van der Waals surface area contributed by atoms with Gasteiger partial charge in [0.15, 0.2) is 0 Å². The Morgan fingerprint density at radius 1 is 1.26 bits per heavy atom. The largest absolute Gasteiger partial charge is 0.416 e. The zero-order valence-electron chi connectivity index (χ0n) is 16.7. The van der Waals surface area contributed by atoms with Gasteiger partial charge in [-0.2, -0.15) is 13.2 Å². The Morgan fingerprint density at radius 2 is 1.94 bits per heavy atom. The molecule has 0 unspecified atom stereocenters. The summed E-state index contributed by atoms with van der Waals surface area (Å²) in [5.41, 5.74) is 7.07. The van der Waals surface area contributed by atoms with Crippen molar-refractivity contribution in [3.63, 3.8) is 0 Å². The summed E-state index contributed by atoms with van der Waals surface area (Å²) in [5, 5.41) is 0.555. The topological polar surface area (TPSA) is 64.2 Å². The Kier molecular flexibility index (Phi) is 5.44. The van der Waals surface area contributed by atoms with E-state index in [0.29, 0.717) is 51.7 Å². The maximum absolute atomic E-state index is 13.2. The van der Waals surface area contributed by atoms with Gasteiger partial charge in [0.25, 0.3) is 5.91 Å². The monoisotopic (exact) mass is 470 g/mol. The fourth-order valence-electron chi connectivity index (χ4n) is 3.76. The average molecular weight is 471 g/mol. The first-order valence-electron chi connectivity index (χ1n) is 9.52. The number of imidazole rings is 1. The number of fused-ring (bicyclic) bond motifs is 1. The number of hydrogen-bond acceptors (Lipinski definition) is 3. The molecule has 2 N–H and O–H groups in total. The molecule has 10 heteroatoms. The number of aromatic nitrogens is 2. The number of carbonyl (C=O) groups is 1. The standard InChI is InChI=1S/C21H19Cl2F3N4O/c1-10-5-11(21(24,25)26)6-16-19(10)28-17(29(16)2)7-14-15(22)4-3-13(18(14)23)20(31)30-8-12(27)9-30/h3-6,12H,7-9,27H2,1-2H3. The van der Waals surface area contributed by atoms with Gasteiger partial charge < -0.3 is 15.2 Å². The second-order valence-corrected chi connectivity index (χ2v) is 8.57. The van der Waals surface area contributed by atoms with Gasteiger partial charge in [-0.1, -0.05) is 23.2 Å². The summed E-state index contributed by atoms with van der Waals surface area (Å²) >= 11 is 12.9. The highest BCUT2D eigenvalue weighted by molar-refractivity contribution is 6.38. The highest BCUT2D eigenvalue weighted by Gasteiger charge is 2.32. The molecule has 0 atom stereocenters. The summed E-state index contributed by atoms with van der Waals surface area (Å²) in [5.74, 6) is 0.247. The molecule has 4 rings (SSSR count). The van der Waals surface area contributed by atoms with Crippen LogP contribution >= 0.6 is 23.2 Å². The highest BCUT2D eigenvalue weighted by Crippen LogP contribution is 2.35. The van der Waals surface area contributed by atoms with Crippen molar-refractivity contribution in [2.45, 2.75) is 25.6 Å². The molecular weight excluding hydrogens is 452 g/mol. The summed E-state index contributed by atoms with van der Waals surface area (Å²) in [6.45, 7) is 2.50. The molecular formula is C21H19Cl2F3N4O. The van der Waals surface area contributed by atoms with Crippen molar-refractivity contribution in [2.24, 2.45) is 12.8 Å². The van der Waals surface area contributed by atoms with Crippen LogP contribution in [0.2, 0.25) is 10.0 Å². The van der Waals surface area contributed by atoms with Crippen molar-refractivity contribution in [1.82, 2.24) is 14.5 Å². The van der Waals surface area contributed by atoms with Gasteiger partial charge in [0.05, 0.1) is 27.2 Å². The van der Waals surface area contributed by atoms with Crippen LogP contribution in [0, 0.1) is 6.92 Å². The van der Waals surface area contributed by atoms with Crippen LogP contribution in [0.25, 0.3) is 11.0 Å². The fraction of sp³-hybridized carbons (Fsp3) is 0.333. The van der Waals surface area contributed by atoms with E-state index in [4.69, 9.17) is 28.9 Å². The van der Waals surface area contributed by atoms with E-state index in [2.05, 4.69) is 4.98 Å². The third-order valence-electron chi connectivity index (χ3n) is 5.55. The van der Waals surface area contributed by atoms with Crippen LogP contribution in [0.15, 0.2) is 24.3 Å². The van der Waals surface area contributed by atoms with E-state index in [1.54, 1.807) is 35.6 Å². The van der Waals surface area contributed by atoms with Crippen molar-refractivity contribution < 1.29 is 18.0 Å². The molecule has 31 heavy (non-hydrogen) atoms. The lowest BCUT2D eigenvalue weighted by atomic mass is 10.0. The molecule has 1 aromatic heterocycles. The number of nitrogens with zero attached hydrogens (tertiary/aromatic N) is 3. The lowest BCUT2D eigenvalue weighted by molar-refractivity contribution is -0.137. The smallest absolute Gasteiger partial charge is 0.335 e.